The molecular weight excluding hydrogens is 325 g/mol. The van der Waals surface area contributed by atoms with Gasteiger partial charge in [-0.05, 0) is 65.6 Å². The zero-order valence-corrected chi connectivity index (χ0v) is 13.7. The largest absolute Gasteiger partial charge is 0.306 e. The van der Waals surface area contributed by atoms with Gasteiger partial charge in [0.15, 0.2) is 0 Å². The highest BCUT2D eigenvalue weighted by atomic mass is 79.9. The smallest absolute Gasteiger partial charge is 0.123 e. The van der Waals surface area contributed by atoms with Gasteiger partial charge in [0.25, 0.3) is 0 Å². The molecule has 102 valence electrons. The fourth-order valence-electron chi connectivity index (χ4n) is 2.15. The molecule has 1 heterocycles. The number of thiophene rings is 1. The highest BCUT2D eigenvalue weighted by Gasteiger charge is 2.18. The summed E-state index contributed by atoms with van der Waals surface area (Å²) in [5, 5.41) is 3.48. The molecular formula is C15H17BrFNS. The van der Waals surface area contributed by atoms with Crippen LogP contribution in [0.2, 0.25) is 0 Å². The number of hydrogen-bond acceptors (Lipinski definition) is 2. The van der Waals surface area contributed by atoms with Crippen LogP contribution in [-0.2, 0) is 0 Å². The Balaban J connectivity index is 2.44. The van der Waals surface area contributed by atoms with Gasteiger partial charge in [-0.1, -0.05) is 13.0 Å². The standard InChI is InChI=1S/C15H17BrFNS/c1-4-18-15(14-8-13(16)10(3)19-14)12-6-5-11(17)7-9(12)2/h5-8,15,18H,4H2,1-3H3. The van der Waals surface area contributed by atoms with Crippen LogP contribution in [0.15, 0.2) is 28.7 Å². The molecule has 1 atom stereocenters. The Labute approximate surface area is 126 Å². The molecule has 19 heavy (non-hydrogen) atoms. The molecule has 0 saturated carbocycles. The molecule has 1 aromatic heterocycles. The normalized spacial score (nSPS) is 12.7. The number of halogens is 2. The van der Waals surface area contributed by atoms with E-state index in [4.69, 9.17) is 0 Å². The summed E-state index contributed by atoms with van der Waals surface area (Å²) < 4.78 is 14.4. The second-order valence-corrected chi connectivity index (χ2v) is 6.69. The van der Waals surface area contributed by atoms with Gasteiger partial charge in [-0.2, -0.15) is 0 Å². The Hall–Kier alpha value is -0.710. The Morgan fingerprint density at radius 2 is 2.05 bits per heavy atom. The molecule has 2 aromatic rings. The van der Waals surface area contributed by atoms with Gasteiger partial charge in [-0.3, -0.25) is 0 Å². The van der Waals surface area contributed by atoms with Crippen LogP contribution in [0.3, 0.4) is 0 Å². The van der Waals surface area contributed by atoms with Gasteiger partial charge in [0.1, 0.15) is 5.82 Å². The Bertz CT molecular complexity index is 560. The van der Waals surface area contributed by atoms with Crippen LogP contribution >= 0.6 is 27.3 Å². The Morgan fingerprint density at radius 3 is 2.58 bits per heavy atom. The summed E-state index contributed by atoms with van der Waals surface area (Å²) in [7, 11) is 0. The van der Waals surface area contributed by atoms with Crippen molar-refractivity contribution in [2.45, 2.75) is 26.8 Å². The van der Waals surface area contributed by atoms with Crippen LogP contribution in [0.4, 0.5) is 4.39 Å². The van der Waals surface area contributed by atoms with Crippen molar-refractivity contribution in [3.8, 4) is 0 Å². The van der Waals surface area contributed by atoms with Crippen LogP contribution in [0.1, 0.15) is 33.8 Å². The van der Waals surface area contributed by atoms with Crippen LogP contribution in [0.5, 0.6) is 0 Å². The predicted molar refractivity (Wildman–Crippen MR) is 83.4 cm³/mol. The average molecular weight is 342 g/mol. The monoisotopic (exact) mass is 341 g/mol. The van der Waals surface area contributed by atoms with E-state index in [1.165, 1.54) is 15.8 Å². The van der Waals surface area contributed by atoms with Gasteiger partial charge >= 0.3 is 0 Å². The number of rotatable bonds is 4. The minimum atomic E-state index is -0.181. The zero-order valence-electron chi connectivity index (χ0n) is 11.3. The molecule has 0 aliphatic heterocycles. The van der Waals surface area contributed by atoms with E-state index in [0.29, 0.717) is 0 Å². The Kier molecular flexibility index (Phi) is 4.76. The van der Waals surface area contributed by atoms with E-state index in [0.717, 1.165) is 22.1 Å². The lowest BCUT2D eigenvalue weighted by Gasteiger charge is -2.19. The van der Waals surface area contributed by atoms with Crippen molar-refractivity contribution < 1.29 is 4.39 Å². The quantitative estimate of drug-likeness (QED) is 0.828. The van der Waals surface area contributed by atoms with E-state index in [-0.39, 0.29) is 11.9 Å². The first kappa shape index (κ1) is 14.7. The molecule has 0 amide bonds. The number of hydrogen-bond donors (Lipinski definition) is 1. The summed E-state index contributed by atoms with van der Waals surface area (Å²) in [4.78, 5) is 2.51. The maximum absolute atomic E-state index is 13.2. The van der Waals surface area contributed by atoms with Crippen molar-refractivity contribution >= 4 is 27.3 Å². The molecule has 0 fully saturated rings. The fraction of sp³-hybridized carbons (Fsp3) is 0.333. The summed E-state index contributed by atoms with van der Waals surface area (Å²) in [5.74, 6) is -0.181. The molecule has 0 bridgehead atoms. The van der Waals surface area contributed by atoms with Crippen LogP contribution in [0, 0.1) is 19.7 Å². The van der Waals surface area contributed by atoms with Crippen molar-refractivity contribution in [3.05, 3.63) is 55.4 Å². The molecule has 1 N–H and O–H groups in total. The van der Waals surface area contributed by atoms with Gasteiger partial charge in [0.05, 0.1) is 6.04 Å². The molecule has 0 saturated heterocycles. The molecule has 0 aliphatic rings. The molecule has 1 nitrogen and oxygen atoms in total. The molecule has 0 spiro atoms. The van der Waals surface area contributed by atoms with Crippen molar-refractivity contribution in [1.29, 1.82) is 0 Å². The van der Waals surface area contributed by atoms with Crippen molar-refractivity contribution in [2.75, 3.05) is 6.54 Å². The van der Waals surface area contributed by atoms with Gasteiger partial charge in [0.2, 0.25) is 0 Å². The number of benzene rings is 1. The number of nitrogens with one attached hydrogen (secondary N) is 1. The summed E-state index contributed by atoms with van der Waals surface area (Å²) >= 11 is 5.33. The van der Waals surface area contributed by atoms with Gasteiger partial charge in [0, 0.05) is 14.2 Å². The lowest BCUT2D eigenvalue weighted by atomic mass is 10.00. The second kappa shape index (κ2) is 6.16. The third kappa shape index (κ3) is 3.25. The van der Waals surface area contributed by atoms with Gasteiger partial charge < -0.3 is 5.32 Å². The molecule has 2 rings (SSSR count). The highest BCUT2D eigenvalue weighted by Crippen LogP contribution is 2.34. The Morgan fingerprint density at radius 1 is 1.32 bits per heavy atom. The fourth-order valence-corrected chi connectivity index (χ4v) is 3.81. The van der Waals surface area contributed by atoms with E-state index in [9.17, 15) is 4.39 Å². The highest BCUT2D eigenvalue weighted by molar-refractivity contribution is 9.10. The van der Waals surface area contributed by atoms with Crippen molar-refractivity contribution in [2.24, 2.45) is 0 Å². The second-order valence-electron chi connectivity index (χ2n) is 4.54. The number of aryl methyl sites for hydroxylation is 2. The third-order valence-corrected chi connectivity index (χ3v) is 5.31. The zero-order chi connectivity index (χ0) is 14.0. The van der Waals surface area contributed by atoms with E-state index in [1.807, 2.05) is 13.0 Å². The lowest BCUT2D eigenvalue weighted by Crippen LogP contribution is -2.22. The summed E-state index contributed by atoms with van der Waals surface area (Å²) in [5.41, 5.74) is 2.12. The molecule has 0 aliphatic carbocycles. The van der Waals surface area contributed by atoms with Crippen LogP contribution in [0.25, 0.3) is 0 Å². The summed E-state index contributed by atoms with van der Waals surface area (Å²) in [6.45, 7) is 7.01. The first-order valence-electron chi connectivity index (χ1n) is 6.28. The summed E-state index contributed by atoms with van der Waals surface area (Å²) in [6.07, 6.45) is 0. The van der Waals surface area contributed by atoms with Crippen LogP contribution in [-0.4, -0.2) is 6.54 Å². The third-order valence-electron chi connectivity index (χ3n) is 3.11. The summed E-state index contributed by atoms with van der Waals surface area (Å²) in [6, 6.07) is 7.27. The minimum absolute atomic E-state index is 0.126. The van der Waals surface area contributed by atoms with Crippen molar-refractivity contribution in [3.63, 3.8) is 0 Å². The SMILES string of the molecule is CCNC(c1cc(Br)c(C)s1)c1ccc(F)cc1C. The topological polar surface area (TPSA) is 12.0 Å². The maximum Gasteiger partial charge on any atom is 0.123 e. The van der Waals surface area contributed by atoms with E-state index < -0.39 is 0 Å². The molecule has 1 aromatic carbocycles. The molecule has 1 unspecified atom stereocenters. The van der Waals surface area contributed by atoms with Gasteiger partial charge in [-0.25, -0.2) is 4.39 Å². The predicted octanol–water partition coefficient (Wildman–Crippen LogP) is 4.97. The maximum atomic E-state index is 13.2. The van der Waals surface area contributed by atoms with Crippen LogP contribution < -0.4 is 5.32 Å². The van der Waals surface area contributed by atoms with Crippen molar-refractivity contribution in [1.82, 2.24) is 5.32 Å². The first-order valence-corrected chi connectivity index (χ1v) is 7.89. The van der Waals surface area contributed by atoms with E-state index in [1.54, 1.807) is 17.4 Å². The van der Waals surface area contributed by atoms with E-state index >= 15 is 0 Å². The minimum Gasteiger partial charge on any atom is -0.306 e. The first-order chi connectivity index (χ1) is 9.02. The van der Waals surface area contributed by atoms with E-state index in [2.05, 4.69) is 41.2 Å². The van der Waals surface area contributed by atoms with Gasteiger partial charge in [-0.15, -0.1) is 11.3 Å². The average Bonchev–Trinajstić information content (AvgIpc) is 2.67. The molecule has 0 radical (unpaired) electrons. The lowest BCUT2D eigenvalue weighted by molar-refractivity contribution is 0.613. The molecule has 4 heteroatoms.